The lowest BCUT2D eigenvalue weighted by Crippen LogP contribution is -2.31. The van der Waals surface area contributed by atoms with Crippen LogP contribution in [0.25, 0.3) is 0 Å². The SMILES string of the molecule is CCOC(c1ccc(Cl)cc1Cl)C(OC(C)(C)C)n1cnc(C)c1. The van der Waals surface area contributed by atoms with Crippen LogP contribution in [0.5, 0.6) is 0 Å². The molecule has 0 fully saturated rings. The maximum absolute atomic E-state index is 6.42. The zero-order valence-electron chi connectivity index (χ0n) is 14.7. The Kier molecular flexibility index (Phi) is 6.32. The van der Waals surface area contributed by atoms with E-state index >= 15 is 0 Å². The fourth-order valence-corrected chi connectivity index (χ4v) is 2.97. The topological polar surface area (TPSA) is 36.3 Å². The van der Waals surface area contributed by atoms with Crippen molar-refractivity contribution in [1.29, 1.82) is 0 Å². The van der Waals surface area contributed by atoms with E-state index in [9.17, 15) is 0 Å². The third-order valence-electron chi connectivity index (χ3n) is 3.37. The highest BCUT2D eigenvalue weighted by Crippen LogP contribution is 2.38. The van der Waals surface area contributed by atoms with Crippen LogP contribution in [0, 0.1) is 6.92 Å². The Bertz CT molecular complexity index is 680. The van der Waals surface area contributed by atoms with E-state index < -0.39 is 6.23 Å². The van der Waals surface area contributed by atoms with Crippen LogP contribution < -0.4 is 0 Å². The molecule has 2 aromatic rings. The summed E-state index contributed by atoms with van der Waals surface area (Å²) in [4.78, 5) is 4.31. The molecule has 2 rings (SSSR count). The van der Waals surface area contributed by atoms with E-state index in [2.05, 4.69) is 4.98 Å². The van der Waals surface area contributed by atoms with Gasteiger partial charge in [0, 0.05) is 28.4 Å². The van der Waals surface area contributed by atoms with Gasteiger partial charge in [0.15, 0.2) is 6.23 Å². The molecule has 0 bridgehead atoms. The van der Waals surface area contributed by atoms with E-state index in [1.807, 2.05) is 57.5 Å². The maximum atomic E-state index is 6.42. The molecule has 0 aliphatic heterocycles. The summed E-state index contributed by atoms with van der Waals surface area (Å²) in [6.45, 7) is 10.4. The van der Waals surface area contributed by atoms with Gasteiger partial charge in [-0.3, -0.25) is 0 Å². The fraction of sp³-hybridized carbons (Fsp3) is 0.500. The minimum atomic E-state index is -0.398. The molecule has 0 N–H and O–H groups in total. The molecule has 0 saturated carbocycles. The largest absolute Gasteiger partial charge is 0.369 e. The first-order chi connectivity index (χ1) is 11.2. The molecule has 0 aliphatic rings. The van der Waals surface area contributed by atoms with Crippen molar-refractivity contribution >= 4 is 23.2 Å². The van der Waals surface area contributed by atoms with E-state index in [1.54, 1.807) is 12.4 Å². The van der Waals surface area contributed by atoms with Crippen molar-refractivity contribution in [1.82, 2.24) is 9.55 Å². The molecule has 2 atom stereocenters. The van der Waals surface area contributed by atoms with Crippen molar-refractivity contribution in [3.63, 3.8) is 0 Å². The summed E-state index contributed by atoms with van der Waals surface area (Å²) in [6, 6.07) is 5.41. The Labute approximate surface area is 153 Å². The molecule has 1 heterocycles. The molecule has 2 unspecified atom stereocenters. The average Bonchev–Trinajstić information content (AvgIpc) is 2.89. The lowest BCUT2D eigenvalue weighted by atomic mass is 10.1. The lowest BCUT2D eigenvalue weighted by Gasteiger charge is -2.34. The highest BCUT2D eigenvalue weighted by atomic mass is 35.5. The molecule has 6 heteroatoms. The summed E-state index contributed by atoms with van der Waals surface area (Å²) >= 11 is 12.5. The molecular weight excluding hydrogens is 347 g/mol. The van der Waals surface area contributed by atoms with Gasteiger partial charge in [-0.2, -0.15) is 0 Å². The summed E-state index contributed by atoms with van der Waals surface area (Å²) < 4.78 is 14.2. The second-order valence-corrected chi connectivity index (χ2v) is 7.47. The molecule has 1 aromatic heterocycles. The number of ether oxygens (including phenoxy) is 2. The van der Waals surface area contributed by atoms with Gasteiger partial charge >= 0.3 is 0 Å². The quantitative estimate of drug-likeness (QED) is 0.664. The van der Waals surface area contributed by atoms with Crippen LogP contribution in [0.4, 0.5) is 0 Å². The van der Waals surface area contributed by atoms with Crippen molar-refractivity contribution in [2.45, 2.75) is 52.6 Å². The number of hydrogen-bond donors (Lipinski definition) is 0. The molecule has 0 saturated heterocycles. The van der Waals surface area contributed by atoms with Gasteiger partial charge in [-0.25, -0.2) is 4.98 Å². The van der Waals surface area contributed by atoms with Crippen molar-refractivity contribution in [3.05, 3.63) is 52.0 Å². The van der Waals surface area contributed by atoms with Crippen molar-refractivity contribution in [3.8, 4) is 0 Å². The zero-order chi connectivity index (χ0) is 17.9. The van der Waals surface area contributed by atoms with Crippen molar-refractivity contribution in [2.24, 2.45) is 0 Å². The van der Waals surface area contributed by atoms with Crippen LogP contribution in [0.2, 0.25) is 10.0 Å². The highest BCUT2D eigenvalue weighted by molar-refractivity contribution is 6.35. The molecule has 0 aliphatic carbocycles. The number of aryl methyl sites for hydroxylation is 1. The van der Waals surface area contributed by atoms with Crippen LogP contribution in [-0.2, 0) is 9.47 Å². The zero-order valence-corrected chi connectivity index (χ0v) is 16.2. The Morgan fingerprint density at radius 3 is 2.46 bits per heavy atom. The van der Waals surface area contributed by atoms with Gasteiger partial charge < -0.3 is 14.0 Å². The first-order valence-electron chi connectivity index (χ1n) is 7.95. The van der Waals surface area contributed by atoms with Crippen LogP contribution in [0.15, 0.2) is 30.7 Å². The van der Waals surface area contributed by atoms with Crippen LogP contribution in [-0.4, -0.2) is 21.8 Å². The standard InChI is InChI=1S/C18H24Cl2N2O2/c1-6-23-16(14-8-7-13(19)9-15(14)20)17(24-18(3,4)5)22-10-12(2)21-11-22/h7-11,16-17H,6H2,1-5H3. The van der Waals surface area contributed by atoms with E-state index in [4.69, 9.17) is 32.7 Å². The number of hydrogen-bond acceptors (Lipinski definition) is 3. The van der Waals surface area contributed by atoms with E-state index in [0.717, 1.165) is 11.3 Å². The number of halogens is 2. The maximum Gasteiger partial charge on any atom is 0.166 e. The number of rotatable bonds is 6. The minimum absolute atomic E-state index is 0.364. The van der Waals surface area contributed by atoms with E-state index in [0.29, 0.717) is 16.7 Å². The van der Waals surface area contributed by atoms with Gasteiger partial charge in [-0.05, 0) is 46.8 Å². The van der Waals surface area contributed by atoms with Crippen molar-refractivity contribution < 1.29 is 9.47 Å². The number of imidazole rings is 1. The number of aromatic nitrogens is 2. The summed E-state index contributed by atoms with van der Waals surface area (Å²) in [7, 11) is 0. The summed E-state index contributed by atoms with van der Waals surface area (Å²) in [6.07, 6.45) is 2.91. The molecular formula is C18H24Cl2N2O2. The number of nitrogens with zero attached hydrogens (tertiary/aromatic N) is 2. The second kappa shape index (κ2) is 7.87. The Hall–Kier alpha value is -1.07. The van der Waals surface area contributed by atoms with Crippen molar-refractivity contribution in [2.75, 3.05) is 6.61 Å². The van der Waals surface area contributed by atoms with Crippen LogP contribution in [0.1, 0.15) is 51.3 Å². The van der Waals surface area contributed by atoms with Gasteiger partial charge in [-0.1, -0.05) is 29.3 Å². The predicted octanol–water partition coefficient (Wildman–Crippen LogP) is 5.59. The lowest BCUT2D eigenvalue weighted by molar-refractivity contribution is -0.165. The molecule has 4 nitrogen and oxygen atoms in total. The minimum Gasteiger partial charge on any atom is -0.369 e. The summed E-state index contributed by atoms with van der Waals surface area (Å²) in [5.41, 5.74) is 1.38. The summed E-state index contributed by atoms with van der Waals surface area (Å²) in [5, 5.41) is 1.14. The van der Waals surface area contributed by atoms with Gasteiger partial charge in [0.05, 0.1) is 17.6 Å². The molecule has 0 amide bonds. The highest BCUT2D eigenvalue weighted by Gasteiger charge is 2.31. The molecule has 0 radical (unpaired) electrons. The van der Waals surface area contributed by atoms with Crippen LogP contribution >= 0.6 is 23.2 Å². The Morgan fingerprint density at radius 2 is 1.96 bits per heavy atom. The normalized spacial score (nSPS) is 14.6. The van der Waals surface area contributed by atoms with Gasteiger partial charge in [0.25, 0.3) is 0 Å². The molecule has 0 spiro atoms. The van der Waals surface area contributed by atoms with Gasteiger partial charge in [-0.15, -0.1) is 0 Å². The Balaban J connectivity index is 2.48. The average molecular weight is 371 g/mol. The third-order valence-corrected chi connectivity index (χ3v) is 3.94. The third kappa shape index (κ3) is 4.96. The Morgan fingerprint density at radius 1 is 1.25 bits per heavy atom. The first-order valence-corrected chi connectivity index (χ1v) is 8.71. The number of benzene rings is 1. The molecule has 24 heavy (non-hydrogen) atoms. The van der Waals surface area contributed by atoms with Crippen LogP contribution in [0.3, 0.4) is 0 Å². The molecule has 1 aromatic carbocycles. The fourth-order valence-electron chi connectivity index (χ4n) is 2.46. The molecule has 132 valence electrons. The predicted molar refractivity (Wildman–Crippen MR) is 97.7 cm³/mol. The first kappa shape index (κ1) is 19.3. The van der Waals surface area contributed by atoms with E-state index in [-0.39, 0.29) is 11.7 Å². The van der Waals surface area contributed by atoms with E-state index in [1.165, 1.54) is 0 Å². The monoisotopic (exact) mass is 370 g/mol. The summed E-state index contributed by atoms with van der Waals surface area (Å²) in [5.74, 6) is 0. The van der Waals surface area contributed by atoms with Gasteiger partial charge in [0.1, 0.15) is 6.10 Å². The second-order valence-electron chi connectivity index (χ2n) is 6.62. The smallest absolute Gasteiger partial charge is 0.166 e. The van der Waals surface area contributed by atoms with Gasteiger partial charge in [0.2, 0.25) is 0 Å².